The Balaban J connectivity index is 1.81. The highest BCUT2D eigenvalue weighted by Crippen LogP contribution is 2.33. The van der Waals surface area contributed by atoms with Gasteiger partial charge in [-0.05, 0) is 31.2 Å². The van der Waals surface area contributed by atoms with Gasteiger partial charge in [0, 0.05) is 37.7 Å². The monoisotopic (exact) mass is 338 g/mol. The molecule has 5 nitrogen and oxygen atoms in total. The van der Waals surface area contributed by atoms with Crippen molar-refractivity contribution < 1.29 is 23.5 Å². The van der Waals surface area contributed by atoms with Crippen LogP contribution < -0.4 is 10.2 Å². The maximum absolute atomic E-state index is 14.5. The van der Waals surface area contributed by atoms with Crippen LogP contribution in [-0.2, 0) is 9.59 Å². The maximum Gasteiger partial charge on any atom is 0.234 e. The number of aliphatic hydroxyl groups is 1. The van der Waals surface area contributed by atoms with Crippen LogP contribution in [0.3, 0.4) is 0 Å². The normalized spacial score (nSPS) is 22.6. The first-order valence-electron chi connectivity index (χ1n) is 8.18. The lowest BCUT2D eigenvalue weighted by Crippen LogP contribution is -2.40. The molecule has 1 aromatic rings. The van der Waals surface area contributed by atoms with Crippen molar-refractivity contribution in [2.45, 2.75) is 31.6 Å². The highest BCUT2D eigenvalue weighted by atomic mass is 19.1. The number of amides is 2. The number of rotatable bonds is 3. The number of nitrogens with zero attached hydrogens (tertiary/aromatic N) is 1. The van der Waals surface area contributed by atoms with Crippen LogP contribution in [0, 0.1) is 17.6 Å². The first-order valence-corrected chi connectivity index (χ1v) is 8.18. The van der Waals surface area contributed by atoms with E-state index in [1.54, 1.807) is 4.90 Å². The molecule has 130 valence electrons. The molecule has 0 aromatic heterocycles. The van der Waals surface area contributed by atoms with Crippen molar-refractivity contribution in [1.82, 2.24) is 5.32 Å². The van der Waals surface area contributed by atoms with Gasteiger partial charge in [-0.1, -0.05) is 0 Å². The standard InChI is InChI=1S/C17H20F2N2O3/c18-13-8-15(21-5-3-10(9-22)4-6-21)14(19)7-12(13)11-1-2-16(23)20-17(11)24/h7-8,10-11,22H,1-6,9H2,(H,20,23,24). The average molecular weight is 338 g/mol. The summed E-state index contributed by atoms with van der Waals surface area (Å²) < 4.78 is 29.0. The Hall–Kier alpha value is -2.02. The average Bonchev–Trinajstić information content (AvgIpc) is 2.57. The highest BCUT2D eigenvalue weighted by molar-refractivity contribution is 6.01. The summed E-state index contributed by atoms with van der Waals surface area (Å²) in [5.74, 6) is -2.81. The number of piperidine rings is 2. The molecule has 24 heavy (non-hydrogen) atoms. The van der Waals surface area contributed by atoms with E-state index in [4.69, 9.17) is 5.11 Å². The number of anilines is 1. The van der Waals surface area contributed by atoms with E-state index in [0.29, 0.717) is 13.1 Å². The Morgan fingerprint density at radius 2 is 1.83 bits per heavy atom. The summed E-state index contributed by atoms with van der Waals surface area (Å²) in [7, 11) is 0. The van der Waals surface area contributed by atoms with Crippen LogP contribution in [0.4, 0.5) is 14.5 Å². The zero-order chi connectivity index (χ0) is 17.3. The maximum atomic E-state index is 14.5. The molecule has 2 heterocycles. The van der Waals surface area contributed by atoms with Gasteiger partial charge in [0.2, 0.25) is 11.8 Å². The van der Waals surface area contributed by atoms with Crippen LogP contribution in [0.5, 0.6) is 0 Å². The molecule has 1 aromatic carbocycles. The lowest BCUT2D eigenvalue weighted by molar-refractivity contribution is -0.134. The quantitative estimate of drug-likeness (QED) is 0.823. The van der Waals surface area contributed by atoms with Crippen LogP contribution in [0.15, 0.2) is 12.1 Å². The summed E-state index contributed by atoms with van der Waals surface area (Å²) in [4.78, 5) is 24.8. The molecule has 0 bridgehead atoms. The zero-order valence-corrected chi connectivity index (χ0v) is 13.2. The third-order valence-electron chi connectivity index (χ3n) is 4.89. The summed E-state index contributed by atoms with van der Waals surface area (Å²) in [5, 5.41) is 11.3. The summed E-state index contributed by atoms with van der Waals surface area (Å²) >= 11 is 0. The third-order valence-corrected chi connectivity index (χ3v) is 4.89. The second-order valence-corrected chi connectivity index (χ2v) is 6.44. The van der Waals surface area contributed by atoms with Crippen molar-refractivity contribution in [3.63, 3.8) is 0 Å². The van der Waals surface area contributed by atoms with Gasteiger partial charge in [-0.15, -0.1) is 0 Å². The van der Waals surface area contributed by atoms with E-state index in [1.165, 1.54) is 0 Å². The number of imide groups is 1. The molecule has 2 aliphatic heterocycles. The second kappa shape index (κ2) is 6.84. The number of aliphatic hydroxyl groups excluding tert-OH is 1. The van der Waals surface area contributed by atoms with E-state index in [9.17, 15) is 18.4 Å². The van der Waals surface area contributed by atoms with Crippen molar-refractivity contribution in [3.8, 4) is 0 Å². The first kappa shape index (κ1) is 16.8. The van der Waals surface area contributed by atoms with Gasteiger partial charge in [-0.25, -0.2) is 8.78 Å². The van der Waals surface area contributed by atoms with Gasteiger partial charge in [-0.2, -0.15) is 0 Å². The molecule has 7 heteroatoms. The number of carbonyl (C=O) groups excluding carboxylic acids is 2. The fourth-order valence-corrected chi connectivity index (χ4v) is 3.41. The number of hydrogen-bond donors (Lipinski definition) is 2. The summed E-state index contributed by atoms with van der Waals surface area (Å²) in [5.41, 5.74) is 0.173. The molecule has 3 rings (SSSR count). The van der Waals surface area contributed by atoms with Gasteiger partial charge < -0.3 is 10.0 Å². The van der Waals surface area contributed by atoms with Crippen molar-refractivity contribution in [1.29, 1.82) is 0 Å². The fourth-order valence-electron chi connectivity index (χ4n) is 3.41. The van der Waals surface area contributed by atoms with E-state index < -0.39 is 23.5 Å². The van der Waals surface area contributed by atoms with Gasteiger partial charge in [0.25, 0.3) is 0 Å². The molecular formula is C17H20F2N2O3. The topological polar surface area (TPSA) is 69.6 Å². The van der Waals surface area contributed by atoms with Crippen molar-refractivity contribution in [3.05, 3.63) is 29.3 Å². The lowest BCUT2D eigenvalue weighted by atomic mass is 9.89. The number of hydrogen-bond acceptors (Lipinski definition) is 4. The molecule has 2 aliphatic rings. The molecule has 2 saturated heterocycles. The van der Waals surface area contributed by atoms with E-state index >= 15 is 0 Å². The Bertz CT molecular complexity index is 657. The Labute approximate surface area is 138 Å². The van der Waals surface area contributed by atoms with Gasteiger partial charge in [0.1, 0.15) is 11.6 Å². The smallest absolute Gasteiger partial charge is 0.234 e. The number of carbonyl (C=O) groups is 2. The van der Waals surface area contributed by atoms with Crippen molar-refractivity contribution in [2.24, 2.45) is 5.92 Å². The second-order valence-electron chi connectivity index (χ2n) is 6.44. The van der Waals surface area contributed by atoms with Crippen molar-refractivity contribution >= 4 is 17.5 Å². The Morgan fingerprint density at radius 1 is 1.12 bits per heavy atom. The predicted octanol–water partition coefficient (Wildman–Crippen LogP) is 1.69. The van der Waals surface area contributed by atoms with E-state index in [2.05, 4.69) is 5.32 Å². The van der Waals surface area contributed by atoms with Crippen molar-refractivity contribution in [2.75, 3.05) is 24.6 Å². The molecule has 2 N–H and O–H groups in total. The minimum absolute atomic E-state index is 0.00788. The summed E-state index contributed by atoms with van der Waals surface area (Å²) in [6.07, 6.45) is 1.76. The molecule has 0 spiro atoms. The summed E-state index contributed by atoms with van der Waals surface area (Å²) in [6.45, 7) is 1.22. The van der Waals surface area contributed by atoms with E-state index in [-0.39, 0.29) is 42.5 Å². The van der Waals surface area contributed by atoms with Crippen LogP contribution in [0.1, 0.15) is 37.2 Å². The van der Waals surface area contributed by atoms with Crippen LogP contribution in [-0.4, -0.2) is 36.6 Å². The predicted molar refractivity (Wildman–Crippen MR) is 83.5 cm³/mol. The molecule has 0 saturated carbocycles. The lowest BCUT2D eigenvalue weighted by Gasteiger charge is -2.33. The van der Waals surface area contributed by atoms with Gasteiger partial charge in [0.15, 0.2) is 0 Å². The minimum atomic E-state index is -0.841. The molecular weight excluding hydrogens is 318 g/mol. The largest absolute Gasteiger partial charge is 0.396 e. The molecule has 1 unspecified atom stereocenters. The number of halogens is 2. The third kappa shape index (κ3) is 3.26. The molecule has 1 atom stereocenters. The van der Waals surface area contributed by atoms with Crippen LogP contribution in [0.25, 0.3) is 0 Å². The molecule has 2 fully saturated rings. The number of benzene rings is 1. The van der Waals surface area contributed by atoms with E-state index in [0.717, 1.165) is 25.0 Å². The van der Waals surface area contributed by atoms with E-state index in [1.807, 2.05) is 0 Å². The summed E-state index contributed by atoms with van der Waals surface area (Å²) in [6, 6.07) is 2.20. The molecule has 0 aliphatic carbocycles. The SMILES string of the molecule is O=C1CCC(c2cc(F)c(N3CCC(CO)CC3)cc2F)C(=O)N1. The fraction of sp³-hybridized carbons (Fsp3) is 0.529. The Kier molecular flexibility index (Phi) is 4.80. The van der Waals surface area contributed by atoms with Crippen LogP contribution in [0.2, 0.25) is 0 Å². The van der Waals surface area contributed by atoms with Gasteiger partial charge in [0.05, 0.1) is 11.6 Å². The minimum Gasteiger partial charge on any atom is -0.396 e. The molecule has 0 radical (unpaired) electrons. The Morgan fingerprint density at radius 3 is 2.46 bits per heavy atom. The highest BCUT2D eigenvalue weighted by Gasteiger charge is 2.31. The zero-order valence-electron chi connectivity index (χ0n) is 13.2. The first-order chi connectivity index (χ1) is 11.5. The number of nitrogens with one attached hydrogen (secondary N) is 1. The van der Waals surface area contributed by atoms with Crippen LogP contribution >= 0.6 is 0 Å². The molecule has 2 amide bonds. The van der Waals surface area contributed by atoms with Gasteiger partial charge >= 0.3 is 0 Å². The van der Waals surface area contributed by atoms with Gasteiger partial charge in [-0.3, -0.25) is 14.9 Å².